The van der Waals surface area contributed by atoms with Crippen molar-refractivity contribution in [2.45, 2.75) is 19.9 Å². The molecule has 1 aliphatic rings. The topological polar surface area (TPSA) is 72.4 Å². The van der Waals surface area contributed by atoms with Gasteiger partial charge in [0, 0.05) is 19.2 Å². The van der Waals surface area contributed by atoms with Gasteiger partial charge in [0.25, 0.3) is 0 Å². The van der Waals surface area contributed by atoms with E-state index >= 15 is 0 Å². The van der Waals surface area contributed by atoms with Crippen LogP contribution in [0.4, 0.5) is 10.1 Å². The molecular formula is C14H20FN3O2. The zero-order chi connectivity index (χ0) is 14.7. The largest absolute Gasteiger partial charge is 0.330 e. The minimum Gasteiger partial charge on any atom is -0.330 e. The van der Waals surface area contributed by atoms with E-state index < -0.39 is 16.4 Å². The number of nitrogens with two attached hydrogens (primary N) is 1. The molecule has 0 aliphatic carbocycles. The molecule has 0 amide bonds. The van der Waals surface area contributed by atoms with Crippen LogP contribution < -0.4 is 5.73 Å². The van der Waals surface area contributed by atoms with Crippen LogP contribution in [0.2, 0.25) is 0 Å². The summed E-state index contributed by atoms with van der Waals surface area (Å²) in [6.45, 7) is 5.33. The molecule has 2 N–H and O–H groups in total. The lowest BCUT2D eigenvalue weighted by atomic mass is 9.87. The number of nitro benzene ring substituents is 1. The molecule has 2 unspecified atom stereocenters. The molecular weight excluding hydrogens is 261 g/mol. The second-order valence-corrected chi connectivity index (χ2v) is 5.54. The Kier molecular flexibility index (Phi) is 4.67. The van der Waals surface area contributed by atoms with Gasteiger partial charge in [-0.15, -0.1) is 0 Å². The molecule has 6 heteroatoms. The van der Waals surface area contributed by atoms with Gasteiger partial charge < -0.3 is 5.73 Å². The lowest BCUT2D eigenvalue weighted by Crippen LogP contribution is -2.42. The maximum Gasteiger partial charge on any atom is 0.304 e. The molecule has 0 aromatic heterocycles. The summed E-state index contributed by atoms with van der Waals surface area (Å²) in [5.41, 5.74) is 6.06. The van der Waals surface area contributed by atoms with Gasteiger partial charge in [-0.25, -0.2) is 0 Å². The van der Waals surface area contributed by atoms with Crippen molar-refractivity contribution >= 4 is 5.69 Å². The molecule has 2 atom stereocenters. The molecule has 110 valence electrons. The van der Waals surface area contributed by atoms with Crippen molar-refractivity contribution in [2.75, 3.05) is 19.6 Å². The summed E-state index contributed by atoms with van der Waals surface area (Å²) in [7, 11) is 0. The number of hydrogen-bond donors (Lipinski definition) is 1. The van der Waals surface area contributed by atoms with Crippen molar-refractivity contribution in [2.24, 2.45) is 17.6 Å². The maximum atomic E-state index is 13.6. The molecule has 20 heavy (non-hydrogen) atoms. The number of rotatable bonds is 4. The van der Waals surface area contributed by atoms with E-state index in [1.165, 1.54) is 12.1 Å². The number of piperidine rings is 1. The van der Waals surface area contributed by atoms with Gasteiger partial charge in [-0.3, -0.25) is 15.0 Å². The van der Waals surface area contributed by atoms with Crippen molar-refractivity contribution in [3.05, 3.63) is 39.7 Å². The summed E-state index contributed by atoms with van der Waals surface area (Å²) in [5, 5.41) is 10.6. The van der Waals surface area contributed by atoms with Crippen molar-refractivity contribution < 1.29 is 9.31 Å². The Balaban J connectivity index is 2.03. The normalized spacial score (nSPS) is 23.8. The van der Waals surface area contributed by atoms with Crippen LogP contribution >= 0.6 is 0 Å². The van der Waals surface area contributed by atoms with E-state index in [2.05, 4.69) is 11.8 Å². The highest BCUT2D eigenvalue weighted by Crippen LogP contribution is 2.24. The highest BCUT2D eigenvalue weighted by Gasteiger charge is 2.25. The van der Waals surface area contributed by atoms with Gasteiger partial charge in [-0.05, 0) is 43.0 Å². The predicted molar refractivity (Wildman–Crippen MR) is 74.7 cm³/mol. The SMILES string of the molecule is CC1CCN(Cc2ccc([N+](=O)[O-])c(F)c2)CC1CN. The summed E-state index contributed by atoms with van der Waals surface area (Å²) in [5.74, 6) is 0.310. The van der Waals surface area contributed by atoms with E-state index in [0.29, 0.717) is 24.9 Å². The molecule has 0 bridgehead atoms. The number of benzene rings is 1. The molecule has 1 aromatic carbocycles. The van der Waals surface area contributed by atoms with E-state index in [4.69, 9.17) is 5.73 Å². The van der Waals surface area contributed by atoms with Crippen LogP contribution in [0.1, 0.15) is 18.9 Å². The fourth-order valence-electron chi connectivity index (χ4n) is 2.73. The Morgan fingerprint density at radius 3 is 2.90 bits per heavy atom. The van der Waals surface area contributed by atoms with Crippen LogP contribution in [-0.4, -0.2) is 29.5 Å². The molecule has 0 radical (unpaired) electrons. The van der Waals surface area contributed by atoms with Crippen molar-refractivity contribution in [3.63, 3.8) is 0 Å². The molecule has 1 aliphatic heterocycles. The molecule has 1 saturated heterocycles. The zero-order valence-corrected chi connectivity index (χ0v) is 11.6. The molecule has 1 aromatic rings. The van der Waals surface area contributed by atoms with Gasteiger partial charge >= 0.3 is 5.69 Å². The Morgan fingerprint density at radius 2 is 2.30 bits per heavy atom. The summed E-state index contributed by atoms with van der Waals surface area (Å²) >= 11 is 0. The number of nitrogens with zero attached hydrogens (tertiary/aromatic N) is 2. The van der Waals surface area contributed by atoms with Crippen LogP contribution in [0.3, 0.4) is 0 Å². The third-order valence-corrected chi connectivity index (χ3v) is 4.12. The van der Waals surface area contributed by atoms with Gasteiger partial charge in [-0.2, -0.15) is 4.39 Å². The lowest BCUT2D eigenvalue weighted by molar-refractivity contribution is -0.387. The van der Waals surface area contributed by atoms with Crippen LogP contribution in [0.15, 0.2) is 18.2 Å². The average Bonchev–Trinajstić information content (AvgIpc) is 2.40. The average molecular weight is 281 g/mol. The third kappa shape index (κ3) is 3.32. The van der Waals surface area contributed by atoms with Crippen molar-refractivity contribution in [3.8, 4) is 0 Å². The first-order chi connectivity index (χ1) is 9.51. The minimum atomic E-state index is -0.770. The minimum absolute atomic E-state index is 0.464. The maximum absolute atomic E-state index is 13.6. The Hall–Kier alpha value is -1.53. The Bertz CT molecular complexity index is 495. The second-order valence-electron chi connectivity index (χ2n) is 5.54. The molecule has 0 saturated carbocycles. The quantitative estimate of drug-likeness (QED) is 0.678. The highest BCUT2D eigenvalue weighted by atomic mass is 19.1. The number of halogens is 1. The smallest absolute Gasteiger partial charge is 0.304 e. The first-order valence-corrected chi connectivity index (χ1v) is 6.86. The van der Waals surface area contributed by atoms with E-state index in [9.17, 15) is 14.5 Å². The molecule has 2 rings (SSSR count). The fourth-order valence-corrected chi connectivity index (χ4v) is 2.73. The summed E-state index contributed by atoms with van der Waals surface area (Å²) < 4.78 is 13.6. The summed E-state index contributed by atoms with van der Waals surface area (Å²) in [6, 6.07) is 4.11. The number of hydrogen-bond acceptors (Lipinski definition) is 4. The number of likely N-dealkylation sites (tertiary alicyclic amines) is 1. The summed E-state index contributed by atoms with van der Waals surface area (Å²) in [4.78, 5) is 12.1. The van der Waals surface area contributed by atoms with Crippen LogP contribution in [0.25, 0.3) is 0 Å². The van der Waals surface area contributed by atoms with Gasteiger partial charge in [0.15, 0.2) is 0 Å². The van der Waals surface area contributed by atoms with E-state index in [1.54, 1.807) is 6.07 Å². The molecule has 0 spiro atoms. The lowest BCUT2D eigenvalue weighted by Gasteiger charge is -2.36. The fraction of sp³-hybridized carbons (Fsp3) is 0.571. The molecule has 1 fully saturated rings. The summed E-state index contributed by atoms with van der Waals surface area (Å²) in [6.07, 6.45) is 1.08. The molecule has 5 nitrogen and oxygen atoms in total. The monoisotopic (exact) mass is 281 g/mol. The Morgan fingerprint density at radius 1 is 1.55 bits per heavy atom. The van der Waals surface area contributed by atoms with Crippen LogP contribution in [0, 0.1) is 27.8 Å². The third-order valence-electron chi connectivity index (χ3n) is 4.12. The van der Waals surface area contributed by atoms with Crippen molar-refractivity contribution in [1.29, 1.82) is 0 Å². The Labute approximate surface area is 117 Å². The van der Waals surface area contributed by atoms with Gasteiger partial charge in [-0.1, -0.05) is 13.0 Å². The zero-order valence-electron chi connectivity index (χ0n) is 11.6. The van der Waals surface area contributed by atoms with E-state index in [-0.39, 0.29) is 0 Å². The van der Waals surface area contributed by atoms with Crippen molar-refractivity contribution in [1.82, 2.24) is 4.90 Å². The van der Waals surface area contributed by atoms with Gasteiger partial charge in [0.1, 0.15) is 0 Å². The van der Waals surface area contributed by atoms with E-state index in [0.717, 1.165) is 25.1 Å². The van der Waals surface area contributed by atoms with E-state index in [1.807, 2.05) is 0 Å². The first kappa shape index (κ1) is 14.9. The van der Waals surface area contributed by atoms with Crippen LogP contribution in [-0.2, 0) is 6.54 Å². The van der Waals surface area contributed by atoms with Crippen LogP contribution in [0.5, 0.6) is 0 Å². The van der Waals surface area contributed by atoms with Gasteiger partial charge in [0.2, 0.25) is 5.82 Å². The first-order valence-electron chi connectivity index (χ1n) is 6.86. The number of nitro groups is 1. The highest BCUT2D eigenvalue weighted by molar-refractivity contribution is 5.35. The predicted octanol–water partition coefficient (Wildman–Crippen LogP) is 2.15. The standard InChI is InChI=1S/C14H20FN3O2/c1-10-4-5-17(9-12(10)7-16)8-11-2-3-14(18(19)20)13(15)6-11/h2-3,6,10,12H,4-5,7-9,16H2,1H3. The van der Waals surface area contributed by atoms with Gasteiger partial charge in [0.05, 0.1) is 4.92 Å². The molecule has 1 heterocycles. The second kappa shape index (κ2) is 6.28.